The van der Waals surface area contributed by atoms with Gasteiger partial charge < -0.3 is 24.0 Å². The third-order valence-electron chi connectivity index (χ3n) is 6.49. The summed E-state index contributed by atoms with van der Waals surface area (Å²) in [5.74, 6) is 3.71. The van der Waals surface area contributed by atoms with Crippen molar-refractivity contribution in [2.24, 2.45) is 4.99 Å². The summed E-state index contributed by atoms with van der Waals surface area (Å²) in [5.41, 5.74) is 3.53. The topological polar surface area (TPSA) is 63.6 Å². The van der Waals surface area contributed by atoms with Crippen molar-refractivity contribution in [3.05, 3.63) is 77.4 Å². The van der Waals surface area contributed by atoms with Crippen molar-refractivity contribution in [2.45, 2.75) is 19.9 Å². The lowest BCUT2D eigenvalue weighted by Crippen LogP contribution is -2.55. The molecule has 34 heavy (non-hydrogen) atoms. The van der Waals surface area contributed by atoms with Crippen LogP contribution in [0.25, 0.3) is 0 Å². The molecule has 1 unspecified atom stereocenters. The molecule has 1 amide bonds. The fraction of sp³-hybridized carbons (Fsp3) is 0.259. The molecule has 0 spiro atoms. The first kappa shape index (κ1) is 20.6. The van der Waals surface area contributed by atoms with E-state index < -0.39 is 0 Å². The molecular formula is C27H25N3O4. The molecule has 1 atom stereocenters. The smallest absolute Gasteiger partial charge is 0.254 e. The molecule has 0 bridgehead atoms. The van der Waals surface area contributed by atoms with E-state index in [2.05, 4.69) is 30.9 Å². The highest BCUT2D eigenvalue weighted by atomic mass is 16.7. The van der Waals surface area contributed by atoms with Gasteiger partial charge in [0.1, 0.15) is 17.3 Å². The summed E-state index contributed by atoms with van der Waals surface area (Å²) in [6.07, 6.45) is 0. The molecule has 0 saturated carbocycles. The molecule has 1 fully saturated rings. The summed E-state index contributed by atoms with van der Waals surface area (Å²) in [5, 5.41) is 0. The normalized spacial score (nSPS) is 18.4. The van der Waals surface area contributed by atoms with Crippen LogP contribution in [0.4, 0.5) is 5.69 Å². The van der Waals surface area contributed by atoms with Crippen molar-refractivity contribution in [1.29, 1.82) is 0 Å². The summed E-state index contributed by atoms with van der Waals surface area (Å²) >= 11 is 0. The van der Waals surface area contributed by atoms with Crippen LogP contribution in [0, 0.1) is 6.92 Å². The Morgan fingerprint density at radius 2 is 1.76 bits per heavy atom. The number of para-hydroxylation sites is 2. The average Bonchev–Trinajstić information content (AvgIpc) is 3.25. The van der Waals surface area contributed by atoms with Crippen molar-refractivity contribution in [2.75, 3.05) is 26.4 Å². The fourth-order valence-corrected chi connectivity index (χ4v) is 4.72. The molecule has 0 aromatic heterocycles. The molecule has 3 aliphatic heterocycles. The Hall–Kier alpha value is -4.00. The molecule has 7 heteroatoms. The Kier molecular flexibility index (Phi) is 4.90. The van der Waals surface area contributed by atoms with Crippen LogP contribution in [0.15, 0.2) is 65.7 Å². The van der Waals surface area contributed by atoms with E-state index in [-0.39, 0.29) is 18.7 Å². The number of aryl methyl sites for hydroxylation is 1. The van der Waals surface area contributed by atoms with Gasteiger partial charge in [-0.05, 0) is 56.3 Å². The predicted octanol–water partition coefficient (Wildman–Crippen LogP) is 4.75. The van der Waals surface area contributed by atoms with Crippen molar-refractivity contribution in [3.8, 4) is 23.0 Å². The third kappa shape index (κ3) is 3.53. The lowest BCUT2D eigenvalue weighted by Gasteiger charge is -2.41. The van der Waals surface area contributed by atoms with Crippen molar-refractivity contribution in [1.82, 2.24) is 9.80 Å². The Labute approximate surface area is 198 Å². The molecule has 0 N–H and O–H groups in total. The number of hydrogen-bond acceptors (Lipinski definition) is 6. The van der Waals surface area contributed by atoms with E-state index in [1.54, 1.807) is 18.2 Å². The number of ether oxygens (including phenoxy) is 3. The number of piperazine rings is 1. The Morgan fingerprint density at radius 1 is 0.941 bits per heavy atom. The lowest BCUT2D eigenvalue weighted by atomic mass is 10.1. The van der Waals surface area contributed by atoms with Crippen molar-refractivity contribution >= 4 is 17.4 Å². The Bertz CT molecular complexity index is 1320. The molecule has 0 radical (unpaired) electrons. The first-order valence-corrected chi connectivity index (χ1v) is 11.5. The maximum absolute atomic E-state index is 13.3. The van der Waals surface area contributed by atoms with Gasteiger partial charge in [0.25, 0.3) is 5.91 Å². The molecular weight excluding hydrogens is 430 g/mol. The van der Waals surface area contributed by atoms with Crippen LogP contribution in [0.3, 0.4) is 0 Å². The summed E-state index contributed by atoms with van der Waals surface area (Å²) in [6, 6.07) is 19.4. The molecule has 3 aliphatic rings. The highest BCUT2D eigenvalue weighted by molar-refractivity contribution is 6.04. The monoisotopic (exact) mass is 455 g/mol. The highest BCUT2D eigenvalue weighted by Gasteiger charge is 2.32. The van der Waals surface area contributed by atoms with Crippen LogP contribution in [0.1, 0.15) is 28.4 Å². The number of nitrogens with zero attached hydrogens (tertiary/aromatic N) is 3. The SMILES string of the molecule is Cc1ccc2c(c1)C(N1CCN(C(=O)c3ccc4c(c3)OCO4)C(C)C1)=Nc1ccccc1O2. The van der Waals surface area contributed by atoms with Crippen molar-refractivity contribution in [3.63, 3.8) is 0 Å². The zero-order chi connectivity index (χ0) is 23.2. The number of amidine groups is 1. The van der Waals surface area contributed by atoms with Gasteiger partial charge in [-0.3, -0.25) is 4.79 Å². The minimum atomic E-state index is -0.00169. The van der Waals surface area contributed by atoms with Crippen LogP contribution >= 0.6 is 0 Å². The first-order chi connectivity index (χ1) is 16.6. The molecule has 6 rings (SSSR count). The Morgan fingerprint density at radius 3 is 2.65 bits per heavy atom. The summed E-state index contributed by atoms with van der Waals surface area (Å²) in [4.78, 5) is 22.5. The number of hydrogen-bond donors (Lipinski definition) is 0. The minimum absolute atomic E-state index is 0.00169. The molecule has 0 aliphatic carbocycles. The summed E-state index contributed by atoms with van der Waals surface area (Å²) in [7, 11) is 0. The number of aliphatic imine (C=N–C) groups is 1. The second kappa shape index (κ2) is 8.09. The van der Waals surface area contributed by atoms with Crippen LogP contribution in [-0.2, 0) is 0 Å². The second-order valence-electron chi connectivity index (χ2n) is 8.87. The predicted molar refractivity (Wildman–Crippen MR) is 129 cm³/mol. The van der Waals surface area contributed by atoms with E-state index in [0.717, 1.165) is 34.1 Å². The third-order valence-corrected chi connectivity index (χ3v) is 6.49. The van der Waals surface area contributed by atoms with Crippen LogP contribution in [0.5, 0.6) is 23.0 Å². The zero-order valence-corrected chi connectivity index (χ0v) is 19.2. The summed E-state index contributed by atoms with van der Waals surface area (Å²) in [6.45, 7) is 6.28. The molecule has 3 aromatic rings. The van der Waals surface area contributed by atoms with Crippen LogP contribution in [-0.4, -0.2) is 54.0 Å². The number of fused-ring (bicyclic) bond motifs is 3. The standard InChI is InChI=1S/C27H25N3O4/c1-17-7-9-22-20(13-17)26(28-21-5-3-4-6-23(21)34-22)29-11-12-30(18(2)15-29)27(31)19-8-10-24-25(14-19)33-16-32-24/h3-10,13-14,18H,11-12,15-16H2,1-2H3. The van der Waals surface area contributed by atoms with E-state index in [9.17, 15) is 4.79 Å². The maximum atomic E-state index is 13.3. The minimum Gasteiger partial charge on any atom is -0.454 e. The van der Waals surface area contributed by atoms with Gasteiger partial charge in [-0.2, -0.15) is 0 Å². The largest absolute Gasteiger partial charge is 0.454 e. The quantitative estimate of drug-likeness (QED) is 0.530. The first-order valence-electron chi connectivity index (χ1n) is 11.5. The molecule has 3 heterocycles. The molecule has 7 nitrogen and oxygen atoms in total. The maximum Gasteiger partial charge on any atom is 0.254 e. The van der Waals surface area contributed by atoms with Gasteiger partial charge in [0.05, 0.1) is 5.56 Å². The molecule has 172 valence electrons. The van der Waals surface area contributed by atoms with E-state index in [1.165, 1.54) is 0 Å². The molecule has 3 aromatic carbocycles. The van der Waals surface area contributed by atoms with Gasteiger partial charge in [-0.15, -0.1) is 0 Å². The van der Waals surface area contributed by atoms with Gasteiger partial charge in [0, 0.05) is 31.2 Å². The van der Waals surface area contributed by atoms with E-state index in [4.69, 9.17) is 19.2 Å². The van der Waals surface area contributed by atoms with Gasteiger partial charge in [-0.1, -0.05) is 23.8 Å². The van der Waals surface area contributed by atoms with Crippen LogP contribution in [0.2, 0.25) is 0 Å². The number of rotatable bonds is 1. The number of amides is 1. The van der Waals surface area contributed by atoms with Crippen molar-refractivity contribution < 1.29 is 19.0 Å². The number of carbonyl (C=O) groups excluding carboxylic acids is 1. The second-order valence-corrected chi connectivity index (χ2v) is 8.87. The zero-order valence-electron chi connectivity index (χ0n) is 19.2. The van der Waals surface area contributed by atoms with Gasteiger partial charge in [0.15, 0.2) is 17.2 Å². The van der Waals surface area contributed by atoms with Gasteiger partial charge in [-0.25, -0.2) is 4.99 Å². The van der Waals surface area contributed by atoms with Gasteiger partial charge in [0.2, 0.25) is 6.79 Å². The van der Waals surface area contributed by atoms with E-state index in [0.29, 0.717) is 36.7 Å². The number of carbonyl (C=O) groups is 1. The van der Waals surface area contributed by atoms with Gasteiger partial charge >= 0.3 is 0 Å². The lowest BCUT2D eigenvalue weighted by molar-refractivity contribution is 0.0581. The highest BCUT2D eigenvalue weighted by Crippen LogP contribution is 2.39. The van der Waals surface area contributed by atoms with E-state index in [1.807, 2.05) is 35.2 Å². The summed E-state index contributed by atoms with van der Waals surface area (Å²) < 4.78 is 17.1. The molecule has 1 saturated heterocycles. The van der Waals surface area contributed by atoms with Crippen LogP contribution < -0.4 is 14.2 Å². The average molecular weight is 456 g/mol. The number of benzene rings is 3. The van der Waals surface area contributed by atoms with E-state index >= 15 is 0 Å². The fourth-order valence-electron chi connectivity index (χ4n) is 4.72. The Balaban J connectivity index is 1.29.